The fourth-order valence-corrected chi connectivity index (χ4v) is 1.78. The number of hydrogen-bond donors (Lipinski definition) is 2. The predicted octanol–water partition coefficient (Wildman–Crippen LogP) is 2.04. The summed E-state index contributed by atoms with van der Waals surface area (Å²) in [6, 6.07) is 5.22. The van der Waals surface area contributed by atoms with Crippen LogP contribution in [0.3, 0.4) is 0 Å². The zero-order valence-corrected chi connectivity index (χ0v) is 10.3. The molecule has 1 aromatic heterocycles. The number of nitrogens with one attached hydrogen (secondary N) is 1. The molecule has 1 heterocycles. The number of aromatic carboxylic acids is 1. The van der Waals surface area contributed by atoms with Gasteiger partial charge in [-0.1, -0.05) is 0 Å². The second-order valence-electron chi connectivity index (χ2n) is 4.21. The van der Waals surface area contributed by atoms with Crippen LogP contribution < -0.4 is 5.32 Å². The summed E-state index contributed by atoms with van der Waals surface area (Å²) in [7, 11) is 1.87. The minimum atomic E-state index is -0.897. The van der Waals surface area contributed by atoms with E-state index in [1.54, 1.807) is 29.9 Å². The summed E-state index contributed by atoms with van der Waals surface area (Å²) >= 11 is 0. The summed E-state index contributed by atoms with van der Waals surface area (Å²) in [5, 5.41) is 16.3. The van der Waals surface area contributed by atoms with E-state index in [1.165, 1.54) is 0 Å². The van der Waals surface area contributed by atoms with E-state index < -0.39 is 5.97 Å². The molecule has 0 saturated carbocycles. The van der Waals surface area contributed by atoms with E-state index in [0.717, 1.165) is 16.8 Å². The number of nitrogens with zero attached hydrogens (tertiary/aromatic N) is 2. The predicted molar refractivity (Wildman–Crippen MR) is 68.7 cm³/mol. The minimum absolute atomic E-state index is 0.335. The molecule has 2 aromatic rings. The number of hydrogen-bond acceptors (Lipinski definition) is 3. The van der Waals surface area contributed by atoms with Crippen molar-refractivity contribution in [2.45, 2.75) is 13.5 Å². The van der Waals surface area contributed by atoms with Crippen LogP contribution in [0.2, 0.25) is 0 Å². The lowest BCUT2D eigenvalue weighted by atomic mass is 10.1. The lowest BCUT2D eigenvalue weighted by molar-refractivity contribution is 0.0696. The van der Waals surface area contributed by atoms with Gasteiger partial charge in [-0.3, -0.25) is 4.68 Å². The number of rotatable bonds is 4. The van der Waals surface area contributed by atoms with Crippen LogP contribution in [-0.2, 0) is 13.6 Å². The lowest BCUT2D eigenvalue weighted by Crippen LogP contribution is -2.02. The average Bonchev–Trinajstić information content (AvgIpc) is 2.72. The summed E-state index contributed by atoms with van der Waals surface area (Å²) < 4.78 is 1.75. The van der Waals surface area contributed by atoms with Gasteiger partial charge in [-0.05, 0) is 30.7 Å². The molecule has 2 rings (SSSR count). The van der Waals surface area contributed by atoms with Crippen LogP contribution in [0.25, 0.3) is 0 Å². The van der Waals surface area contributed by atoms with Crippen molar-refractivity contribution >= 4 is 11.7 Å². The number of aryl methyl sites for hydroxylation is 2. The highest BCUT2D eigenvalue weighted by Crippen LogP contribution is 2.16. The van der Waals surface area contributed by atoms with Gasteiger partial charge in [0.05, 0.1) is 11.8 Å². The van der Waals surface area contributed by atoms with E-state index in [9.17, 15) is 4.79 Å². The molecule has 0 amide bonds. The second kappa shape index (κ2) is 4.91. The third kappa shape index (κ3) is 2.68. The van der Waals surface area contributed by atoms with Gasteiger partial charge in [0.25, 0.3) is 0 Å². The molecule has 5 heteroatoms. The third-order valence-electron chi connectivity index (χ3n) is 2.71. The number of carboxylic acids is 1. The standard InChI is InChI=1S/C13H15N3O2/c1-9-5-11(3-4-12(9)13(17)18)14-6-10-7-15-16(2)8-10/h3-5,7-8,14H,6H2,1-2H3,(H,17,18). The Morgan fingerprint density at radius 3 is 2.83 bits per heavy atom. The average molecular weight is 245 g/mol. The maximum Gasteiger partial charge on any atom is 0.335 e. The van der Waals surface area contributed by atoms with Gasteiger partial charge in [0.2, 0.25) is 0 Å². The molecule has 0 aliphatic heterocycles. The van der Waals surface area contributed by atoms with Crippen molar-refractivity contribution in [3.05, 3.63) is 47.3 Å². The summed E-state index contributed by atoms with van der Waals surface area (Å²) in [5.74, 6) is -0.897. The monoisotopic (exact) mass is 245 g/mol. The van der Waals surface area contributed by atoms with E-state index in [-0.39, 0.29) is 0 Å². The van der Waals surface area contributed by atoms with Gasteiger partial charge in [0.1, 0.15) is 0 Å². The molecule has 0 radical (unpaired) electrons. The zero-order valence-electron chi connectivity index (χ0n) is 10.3. The van der Waals surface area contributed by atoms with Crippen LogP contribution >= 0.6 is 0 Å². The molecule has 1 aromatic carbocycles. The number of anilines is 1. The van der Waals surface area contributed by atoms with Gasteiger partial charge in [-0.25, -0.2) is 4.79 Å². The quantitative estimate of drug-likeness (QED) is 0.865. The molecule has 0 aliphatic rings. The smallest absolute Gasteiger partial charge is 0.335 e. The molecule has 0 atom stereocenters. The van der Waals surface area contributed by atoms with Crippen molar-refractivity contribution in [2.75, 3.05) is 5.32 Å². The van der Waals surface area contributed by atoms with E-state index in [2.05, 4.69) is 10.4 Å². The van der Waals surface area contributed by atoms with E-state index in [4.69, 9.17) is 5.11 Å². The normalized spacial score (nSPS) is 10.3. The largest absolute Gasteiger partial charge is 0.478 e. The maximum atomic E-state index is 10.9. The summed E-state index contributed by atoms with van der Waals surface area (Å²) in [6.07, 6.45) is 3.73. The van der Waals surface area contributed by atoms with Gasteiger partial charge in [-0.15, -0.1) is 0 Å². The van der Waals surface area contributed by atoms with Crippen molar-refractivity contribution in [3.8, 4) is 0 Å². The van der Waals surface area contributed by atoms with Gasteiger partial charge in [-0.2, -0.15) is 5.10 Å². The Kier molecular flexibility index (Phi) is 3.32. The van der Waals surface area contributed by atoms with Gasteiger partial charge in [0.15, 0.2) is 0 Å². The number of carbonyl (C=O) groups is 1. The number of benzene rings is 1. The minimum Gasteiger partial charge on any atom is -0.478 e. The van der Waals surface area contributed by atoms with Crippen LogP contribution in [0.4, 0.5) is 5.69 Å². The van der Waals surface area contributed by atoms with Gasteiger partial charge >= 0.3 is 5.97 Å². The Morgan fingerprint density at radius 2 is 2.28 bits per heavy atom. The Hall–Kier alpha value is -2.30. The highest BCUT2D eigenvalue weighted by molar-refractivity contribution is 5.89. The molecule has 0 bridgehead atoms. The molecule has 18 heavy (non-hydrogen) atoms. The Balaban J connectivity index is 2.06. The molecule has 0 unspecified atom stereocenters. The molecule has 5 nitrogen and oxygen atoms in total. The maximum absolute atomic E-state index is 10.9. The molecule has 0 aliphatic carbocycles. The second-order valence-corrected chi connectivity index (χ2v) is 4.21. The molecule has 0 spiro atoms. The molecule has 2 N–H and O–H groups in total. The van der Waals surface area contributed by atoms with Crippen LogP contribution in [0.1, 0.15) is 21.5 Å². The Labute approximate surface area is 105 Å². The molecular weight excluding hydrogens is 230 g/mol. The van der Waals surface area contributed by atoms with Crippen LogP contribution in [0.5, 0.6) is 0 Å². The number of carboxylic acid groups (broad SMARTS) is 1. The SMILES string of the molecule is Cc1cc(NCc2cnn(C)c2)ccc1C(=O)O. The summed E-state index contributed by atoms with van der Waals surface area (Å²) in [5.41, 5.74) is 3.07. The Bertz CT molecular complexity index is 575. The summed E-state index contributed by atoms with van der Waals surface area (Å²) in [4.78, 5) is 10.9. The van der Waals surface area contributed by atoms with E-state index in [1.807, 2.05) is 19.3 Å². The molecule has 0 saturated heterocycles. The van der Waals surface area contributed by atoms with E-state index >= 15 is 0 Å². The fraction of sp³-hybridized carbons (Fsp3) is 0.231. The Morgan fingerprint density at radius 1 is 1.50 bits per heavy atom. The third-order valence-corrected chi connectivity index (χ3v) is 2.71. The van der Waals surface area contributed by atoms with Crippen molar-refractivity contribution in [1.29, 1.82) is 0 Å². The first-order valence-corrected chi connectivity index (χ1v) is 5.61. The van der Waals surface area contributed by atoms with Crippen molar-refractivity contribution < 1.29 is 9.90 Å². The lowest BCUT2D eigenvalue weighted by Gasteiger charge is -2.07. The topological polar surface area (TPSA) is 67.2 Å². The summed E-state index contributed by atoms with van der Waals surface area (Å²) in [6.45, 7) is 2.46. The first kappa shape index (κ1) is 12.2. The molecule has 0 fully saturated rings. The first-order chi connectivity index (χ1) is 8.56. The van der Waals surface area contributed by atoms with Gasteiger partial charge in [0, 0.05) is 31.0 Å². The fourth-order valence-electron chi connectivity index (χ4n) is 1.78. The highest BCUT2D eigenvalue weighted by Gasteiger charge is 2.06. The van der Waals surface area contributed by atoms with Crippen molar-refractivity contribution in [1.82, 2.24) is 9.78 Å². The van der Waals surface area contributed by atoms with E-state index in [0.29, 0.717) is 12.1 Å². The van der Waals surface area contributed by atoms with Gasteiger partial charge < -0.3 is 10.4 Å². The molecule has 94 valence electrons. The van der Waals surface area contributed by atoms with Crippen molar-refractivity contribution in [2.24, 2.45) is 7.05 Å². The molecular formula is C13H15N3O2. The van der Waals surface area contributed by atoms with Crippen LogP contribution in [0.15, 0.2) is 30.6 Å². The van der Waals surface area contributed by atoms with Crippen LogP contribution in [0, 0.1) is 6.92 Å². The number of aromatic nitrogens is 2. The first-order valence-electron chi connectivity index (χ1n) is 5.61. The van der Waals surface area contributed by atoms with Crippen LogP contribution in [-0.4, -0.2) is 20.9 Å². The van der Waals surface area contributed by atoms with Crippen molar-refractivity contribution in [3.63, 3.8) is 0 Å². The highest BCUT2D eigenvalue weighted by atomic mass is 16.4. The zero-order chi connectivity index (χ0) is 13.1.